The van der Waals surface area contributed by atoms with Crippen LogP contribution in [0.3, 0.4) is 0 Å². The first-order valence-corrected chi connectivity index (χ1v) is 6.58. The van der Waals surface area contributed by atoms with Crippen molar-refractivity contribution in [3.05, 3.63) is 0 Å². The average Bonchev–Trinajstić information content (AvgIpc) is 2.25. The monoisotopic (exact) mass is 197 g/mol. The molecular formula is C13H27N. The molecule has 0 aromatic rings. The van der Waals surface area contributed by atoms with Crippen molar-refractivity contribution in [3.8, 4) is 0 Å². The van der Waals surface area contributed by atoms with E-state index in [4.69, 9.17) is 0 Å². The molecular weight excluding hydrogens is 170 g/mol. The molecule has 1 saturated heterocycles. The molecule has 0 unspecified atom stereocenters. The third kappa shape index (κ3) is 4.45. The van der Waals surface area contributed by atoms with E-state index >= 15 is 0 Å². The van der Waals surface area contributed by atoms with Gasteiger partial charge in [-0.15, -0.1) is 0 Å². The predicted molar refractivity (Wildman–Crippen MR) is 63.6 cm³/mol. The molecule has 84 valence electrons. The number of nitrogens with zero attached hydrogens (tertiary/aromatic N) is 1. The summed E-state index contributed by atoms with van der Waals surface area (Å²) >= 11 is 0. The standard InChI is InChI=1S/C13H27N/c1-3-4-5-7-10-13(2)14-11-8-6-9-12-14/h13H,3-12H2,1-2H3/t13-/m0/s1. The maximum Gasteiger partial charge on any atom is 0.00669 e. The molecule has 14 heavy (non-hydrogen) atoms. The minimum absolute atomic E-state index is 0.840. The largest absolute Gasteiger partial charge is 0.301 e. The van der Waals surface area contributed by atoms with E-state index in [1.807, 2.05) is 0 Å². The summed E-state index contributed by atoms with van der Waals surface area (Å²) in [6.45, 7) is 7.41. The zero-order valence-corrected chi connectivity index (χ0v) is 10.1. The van der Waals surface area contributed by atoms with Gasteiger partial charge < -0.3 is 4.90 Å². The van der Waals surface area contributed by atoms with Gasteiger partial charge in [0.25, 0.3) is 0 Å². The van der Waals surface area contributed by atoms with E-state index < -0.39 is 0 Å². The number of hydrogen-bond donors (Lipinski definition) is 0. The summed E-state index contributed by atoms with van der Waals surface area (Å²) in [5, 5.41) is 0. The molecule has 1 heteroatoms. The predicted octanol–water partition coefficient (Wildman–Crippen LogP) is 3.83. The fourth-order valence-corrected chi connectivity index (χ4v) is 2.41. The highest BCUT2D eigenvalue weighted by Crippen LogP contribution is 2.16. The van der Waals surface area contributed by atoms with Gasteiger partial charge in [0.1, 0.15) is 0 Å². The van der Waals surface area contributed by atoms with Crippen molar-refractivity contribution in [3.63, 3.8) is 0 Å². The van der Waals surface area contributed by atoms with Crippen molar-refractivity contribution in [2.45, 2.75) is 71.3 Å². The number of likely N-dealkylation sites (tertiary alicyclic amines) is 1. The van der Waals surface area contributed by atoms with Crippen molar-refractivity contribution in [1.82, 2.24) is 4.90 Å². The maximum atomic E-state index is 2.69. The van der Waals surface area contributed by atoms with Crippen molar-refractivity contribution in [2.24, 2.45) is 0 Å². The molecule has 1 aliphatic heterocycles. The maximum absolute atomic E-state index is 2.69. The van der Waals surface area contributed by atoms with Gasteiger partial charge in [0.2, 0.25) is 0 Å². The van der Waals surface area contributed by atoms with Crippen LogP contribution >= 0.6 is 0 Å². The summed E-state index contributed by atoms with van der Waals surface area (Å²) in [6.07, 6.45) is 11.4. The quantitative estimate of drug-likeness (QED) is 0.585. The van der Waals surface area contributed by atoms with Crippen LogP contribution < -0.4 is 0 Å². The van der Waals surface area contributed by atoms with Crippen molar-refractivity contribution < 1.29 is 0 Å². The van der Waals surface area contributed by atoms with Crippen LogP contribution in [0.15, 0.2) is 0 Å². The number of unbranched alkanes of at least 4 members (excludes halogenated alkanes) is 3. The molecule has 1 rings (SSSR count). The summed E-state index contributed by atoms with van der Waals surface area (Å²) < 4.78 is 0. The molecule has 0 N–H and O–H groups in total. The fraction of sp³-hybridized carbons (Fsp3) is 1.00. The minimum Gasteiger partial charge on any atom is -0.301 e. The molecule has 0 amide bonds. The lowest BCUT2D eigenvalue weighted by molar-refractivity contribution is 0.164. The summed E-state index contributed by atoms with van der Waals surface area (Å²) in [5.74, 6) is 0. The molecule has 0 saturated carbocycles. The van der Waals surface area contributed by atoms with Gasteiger partial charge in [-0.3, -0.25) is 0 Å². The zero-order chi connectivity index (χ0) is 10.2. The second-order valence-electron chi connectivity index (χ2n) is 4.79. The van der Waals surface area contributed by atoms with Gasteiger partial charge in [-0.05, 0) is 39.3 Å². The summed E-state index contributed by atoms with van der Waals surface area (Å²) in [7, 11) is 0. The molecule has 1 heterocycles. The highest BCUT2D eigenvalue weighted by molar-refractivity contribution is 4.71. The molecule has 0 aromatic heterocycles. The van der Waals surface area contributed by atoms with Crippen molar-refractivity contribution in [1.29, 1.82) is 0 Å². The van der Waals surface area contributed by atoms with Crippen LogP contribution in [-0.4, -0.2) is 24.0 Å². The van der Waals surface area contributed by atoms with Crippen LogP contribution in [0.2, 0.25) is 0 Å². The van der Waals surface area contributed by atoms with E-state index in [2.05, 4.69) is 18.7 Å². The van der Waals surface area contributed by atoms with E-state index in [1.54, 1.807) is 0 Å². The lowest BCUT2D eigenvalue weighted by Gasteiger charge is -2.32. The van der Waals surface area contributed by atoms with Gasteiger partial charge >= 0.3 is 0 Å². The van der Waals surface area contributed by atoms with Crippen molar-refractivity contribution in [2.75, 3.05) is 13.1 Å². The average molecular weight is 197 g/mol. The first kappa shape index (κ1) is 12.0. The molecule has 1 atom stereocenters. The Balaban J connectivity index is 2.04. The van der Waals surface area contributed by atoms with Crippen LogP contribution in [0.1, 0.15) is 65.2 Å². The zero-order valence-electron chi connectivity index (χ0n) is 10.1. The number of rotatable bonds is 6. The van der Waals surface area contributed by atoms with Gasteiger partial charge in [0, 0.05) is 6.04 Å². The lowest BCUT2D eigenvalue weighted by Crippen LogP contribution is -2.37. The number of hydrogen-bond acceptors (Lipinski definition) is 1. The van der Waals surface area contributed by atoms with E-state index in [0.717, 1.165) is 6.04 Å². The molecule has 0 aromatic carbocycles. The summed E-state index contributed by atoms with van der Waals surface area (Å²) in [4.78, 5) is 2.69. The SMILES string of the molecule is CCCCCC[C@H](C)N1CCCCC1. The van der Waals surface area contributed by atoms with Gasteiger partial charge in [-0.25, -0.2) is 0 Å². The topological polar surface area (TPSA) is 3.24 Å². The van der Waals surface area contributed by atoms with Crippen molar-refractivity contribution >= 4 is 0 Å². The first-order valence-electron chi connectivity index (χ1n) is 6.58. The molecule has 1 nitrogen and oxygen atoms in total. The van der Waals surface area contributed by atoms with Crippen LogP contribution in [-0.2, 0) is 0 Å². The molecule has 1 fully saturated rings. The molecule has 1 aliphatic rings. The third-order valence-corrected chi connectivity index (χ3v) is 3.49. The Morgan fingerprint density at radius 3 is 2.36 bits per heavy atom. The van der Waals surface area contributed by atoms with Crippen LogP contribution in [0.4, 0.5) is 0 Å². The molecule has 0 aliphatic carbocycles. The van der Waals surface area contributed by atoms with E-state index in [1.165, 1.54) is 64.5 Å². The highest BCUT2D eigenvalue weighted by atomic mass is 15.1. The highest BCUT2D eigenvalue weighted by Gasteiger charge is 2.15. The molecule has 0 radical (unpaired) electrons. The second kappa shape index (κ2) is 7.28. The Morgan fingerprint density at radius 1 is 1.00 bits per heavy atom. The van der Waals surface area contributed by atoms with Gasteiger partial charge in [-0.2, -0.15) is 0 Å². The Bertz CT molecular complexity index is 127. The van der Waals surface area contributed by atoms with E-state index in [0.29, 0.717) is 0 Å². The van der Waals surface area contributed by atoms with Crippen LogP contribution in [0, 0.1) is 0 Å². The summed E-state index contributed by atoms with van der Waals surface area (Å²) in [5.41, 5.74) is 0. The smallest absolute Gasteiger partial charge is 0.00669 e. The molecule has 0 bridgehead atoms. The Hall–Kier alpha value is -0.0400. The molecule has 0 spiro atoms. The fourth-order valence-electron chi connectivity index (χ4n) is 2.41. The van der Waals surface area contributed by atoms with Gasteiger partial charge in [0.05, 0.1) is 0 Å². The van der Waals surface area contributed by atoms with Gasteiger partial charge in [-0.1, -0.05) is 39.0 Å². The minimum atomic E-state index is 0.840. The second-order valence-corrected chi connectivity index (χ2v) is 4.79. The Labute approximate surface area is 89.9 Å². The number of piperidine rings is 1. The van der Waals surface area contributed by atoms with E-state index in [9.17, 15) is 0 Å². The Morgan fingerprint density at radius 2 is 1.71 bits per heavy atom. The van der Waals surface area contributed by atoms with E-state index in [-0.39, 0.29) is 0 Å². The Kier molecular flexibility index (Phi) is 6.25. The normalized spacial score (nSPS) is 21.0. The van der Waals surface area contributed by atoms with Gasteiger partial charge in [0.15, 0.2) is 0 Å². The van der Waals surface area contributed by atoms with Crippen LogP contribution in [0.25, 0.3) is 0 Å². The first-order chi connectivity index (χ1) is 6.84. The lowest BCUT2D eigenvalue weighted by atomic mass is 10.0. The summed E-state index contributed by atoms with van der Waals surface area (Å²) in [6, 6.07) is 0.840. The third-order valence-electron chi connectivity index (χ3n) is 3.49. The van der Waals surface area contributed by atoms with Crippen LogP contribution in [0.5, 0.6) is 0 Å².